The summed E-state index contributed by atoms with van der Waals surface area (Å²) in [6, 6.07) is 6.50. The van der Waals surface area contributed by atoms with Gasteiger partial charge in [-0.25, -0.2) is 24.4 Å². The van der Waals surface area contributed by atoms with Crippen molar-refractivity contribution in [1.82, 2.24) is 15.3 Å². The van der Waals surface area contributed by atoms with Gasteiger partial charge in [-0.2, -0.15) is 0 Å². The minimum absolute atomic E-state index is 0.0651. The van der Waals surface area contributed by atoms with E-state index in [4.69, 9.17) is 21.1 Å². The zero-order valence-electron chi connectivity index (χ0n) is 19.4. The van der Waals surface area contributed by atoms with E-state index in [2.05, 4.69) is 10.3 Å². The number of carbonyl (C=O) groups is 1. The molecule has 1 aromatic heterocycles. The fraction of sp³-hybridized carbons (Fsp3) is 0.417. The molecule has 1 aliphatic rings. The Hall–Kier alpha value is -3.40. The van der Waals surface area contributed by atoms with Gasteiger partial charge in [-0.15, -0.1) is 0 Å². The number of nitrogens with two attached hydrogens (primary N) is 2. The van der Waals surface area contributed by atoms with Crippen molar-refractivity contribution in [1.29, 1.82) is 0 Å². The van der Waals surface area contributed by atoms with Crippen LogP contribution in [0.1, 0.15) is 49.1 Å². The maximum atomic E-state index is 13.7. The van der Waals surface area contributed by atoms with Gasteiger partial charge in [0.05, 0.1) is 35.4 Å². The summed E-state index contributed by atoms with van der Waals surface area (Å²) < 4.78 is 38.0. The molecule has 0 bridgehead atoms. The number of pyridine rings is 1. The molecule has 1 heterocycles. The molecule has 1 aromatic carbocycles. The van der Waals surface area contributed by atoms with Gasteiger partial charge in [-0.3, -0.25) is 0 Å². The fourth-order valence-corrected chi connectivity index (χ4v) is 3.75. The third kappa shape index (κ3) is 6.80. The first kappa shape index (κ1) is 25.2. The van der Waals surface area contributed by atoms with Gasteiger partial charge in [0.2, 0.25) is 0 Å². The number of amides is 1. The molecule has 0 atom stereocenters. The van der Waals surface area contributed by atoms with E-state index in [1.807, 2.05) is 13.0 Å². The van der Waals surface area contributed by atoms with Crippen LogP contribution in [-0.4, -0.2) is 35.8 Å². The normalized spacial score (nSPS) is 14.9. The molecule has 0 aliphatic heterocycles. The number of nitrogens with zero attached hydrogens (tertiary/aromatic N) is 2. The molecule has 0 saturated heterocycles. The van der Waals surface area contributed by atoms with Crippen LogP contribution < -0.4 is 21.6 Å². The van der Waals surface area contributed by atoms with E-state index in [0.29, 0.717) is 17.1 Å². The van der Waals surface area contributed by atoms with E-state index >= 15 is 0 Å². The van der Waals surface area contributed by atoms with Crippen molar-refractivity contribution in [2.75, 3.05) is 13.6 Å². The second-order valence-corrected chi connectivity index (χ2v) is 8.29. The molecule has 184 valence electrons. The van der Waals surface area contributed by atoms with Crippen LogP contribution in [-0.2, 0) is 11.3 Å². The van der Waals surface area contributed by atoms with Gasteiger partial charge in [0, 0.05) is 12.6 Å². The lowest BCUT2D eigenvalue weighted by atomic mass is 9.98. The predicted molar refractivity (Wildman–Crippen MR) is 124 cm³/mol. The van der Waals surface area contributed by atoms with E-state index in [0.717, 1.165) is 36.8 Å². The van der Waals surface area contributed by atoms with E-state index in [1.54, 1.807) is 13.1 Å². The molecule has 1 aliphatic carbocycles. The summed E-state index contributed by atoms with van der Waals surface area (Å²) in [5.41, 5.74) is 8.08. The van der Waals surface area contributed by atoms with Crippen LogP contribution in [0.5, 0.6) is 5.75 Å². The van der Waals surface area contributed by atoms with Gasteiger partial charge in [0.25, 0.3) is 0 Å². The standard InChI is InChI=1S/C24H31F2N5O3/c1-15-22(34-18-6-4-3-5-7-18)11-10-20(30-15)23(27)21(31(2)28)13-29-24(32)33-14-16-12-17(25)8-9-19(16)26/h8-12,18H,3-7,13-14,27-28H2,1-2H3,(H,29,32)/b23-21-. The highest BCUT2D eigenvalue weighted by Gasteiger charge is 2.18. The average Bonchev–Trinajstić information content (AvgIpc) is 2.81. The molecule has 10 heteroatoms. The Bertz CT molecular complexity index is 1040. The number of carbonyl (C=O) groups excluding carboxylic acids is 1. The van der Waals surface area contributed by atoms with Crippen LogP contribution >= 0.6 is 0 Å². The number of aryl methyl sites for hydroxylation is 1. The molecular weight excluding hydrogens is 444 g/mol. The molecule has 2 aromatic rings. The Labute approximate surface area is 197 Å². The van der Waals surface area contributed by atoms with Gasteiger partial charge in [0.1, 0.15) is 24.0 Å². The van der Waals surface area contributed by atoms with Crippen LogP contribution in [0.3, 0.4) is 0 Å². The molecule has 34 heavy (non-hydrogen) atoms. The van der Waals surface area contributed by atoms with Crippen molar-refractivity contribution in [3.63, 3.8) is 0 Å². The number of hydrogen-bond acceptors (Lipinski definition) is 7. The van der Waals surface area contributed by atoms with E-state index in [1.165, 1.54) is 24.3 Å². The van der Waals surface area contributed by atoms with Crippen molar-refractivity contribution >= 4 is 11.8 Å². The second kappa shape index (κ2) is 11.6. The minimum Gasteiger partial charge on any atom is -0.489 e. The van der Waals surface area contributed by atoms with Crippen LogP contribution in [0.2, 0.25) is 0 Å². The maximum Gasteiger partial charge on any atom is 0.407 e. The number of aromatic nitrogens is 1. The molecule has 1 saturated carbocycles. The summed E-state index contributed by atoms with van der Waals surface area (Å²) in [5.74, 6) is 5.34. The Balaban J connectivity index is 1.63. The first-order valence-electron chi connectivity index (χ1n) is 11.2. The zero-order chi connectivity index (χ0) is 24.7. The van der Waals surface area contributed by atoms with Crippen molar-refractivity contribution in [2.24, 2.45) is 11.6 Å². The third-order valence-corrected chi connectivity index (χ3v) is 5.66. The number of ether oxygens (including phenoxy) is 2. The molecule has 1 amide bonds. The smallest absolute Gasteiger partial charge is 0.407 e. The Morgan fingerprint density at radius 3 is 2.62 bits per heavy atom. The van der Waals surface area contributed by atoms with E-state index < -0.39 is 24.3 Å². The average molecular weight is 476 g/mol. The van der Waals surface area contributed by atoms with Crippen molar-refractivity contribution in [2.45, 2.75) is 51.7 Å². The molecular formula is C24H31F2N5O3. The van der Waals surface area contributed by atoms with Crippen molar-refractivity contribution < 1.29 is 23.0 Å². The highest BCUT2D eigenvalue weighted by atomic mass is 19.1. The van der Waals surface area contributed by atoms with E-state index in [9.17, 15) is 13.6 Å². The number of rotatable bonds is 8. The number of hydrazine groups is 1. The lowest BCUT2D eigenvalue weighted by molar-refractivity contribution is 0.138. The largest absolute Gasteiger partial charge is 0.489 e. The number of nitrogens with one attached hydrogen (secondary N) is 1. The van der Waals surface area contributed by atoms with Crippen LogP contribution in [0.25, 0.3) is 5.70 Å². The Morgan fingerprint density at radius 2 is 1.94 bits per heavy atom. The third-order valence-electron chi connectivity index (χ3n) is 5.66. The van der Waals surface area contributed by atoms with Gasteiger partial charge < -0.3 is 25.5 Å². The highest BCUT2D eigenvalue weighted by Crippen LogP contribution is 2.26. The van der Waals surface area contributed by atoms with Crippen LogP contribution in [0.15, 0.2) is 36.0 Å². The summed E-state index contributed by atoms with van der Waals surface area (Å²) in [6.45, 7) is 1.36. The second-order valence-electron chi connectivity index (χ2n) is 8.29. The number of hydrogen-bond donors (Lipinski definition) is 3. The van der Waals surface area contributed by atoms with Gasteiger partial charge in [0.15, 0.2) is 0 Å². The molecule has 3 rings (SSSR count). The van der Waals surface area contributed by atoms with Crippen molar-refractivity contribution in [3.8, 4) is 5.75 Å². The summed E-state index contributed by atoms with van der Waals surface area (Å²) >= 11 is 0. The summed E-state index contributed by atoms with van der Waals surface area (Å²) in [6.07, 6.45) is 5.03. The summed E-state index contributed by atoms with van der Waals surface area (Å²) in [5, 5.41) is 3.78. The summed E-state index contributed by atoms with van der Waals surface area (Å²) in [4.78, 5) is 16.6. The predicted octanol–water partition coefficient (Wildman–Crippen LogP) is 3.74. The molecule has 8 nitrogen and oxygen atoms in total. The maximum absolute atomic E-state index is 13.7. The first-order chi connectivity index (χ1) is 16.2. The van der Waals surface area contributed by atoms with Crippen molar-refractivity contribution in [3.05, 3.63) is 64.6 Å². The fourth-order valence-electron chi connectivity index (χ4n) is 3.75. The van der Waals surface area contributed by atoms with Crippen LogP contribution in [0, 0.1) is 18.6 Å². The monoisotopic (exact) mass is 475 g/mol. The van der Waals surface area contributed by atoms with Gasteiger partial charge >= 0.3 is 6.09 Å². The number of halogens is 2. The number of benzene rings is 1. The topological polar surface area (TPSA) is 116 Å². The molecule has 5 N–H and O–H groups in total. The number of likely N-dealkylation sites (N-methyl/N-ethyl adjacent to an activating group) is 1. The number of alkyl carbamates (subject to hydrolysis) is 1. The molecule has 0 spiro atoms. The van der Waals surface area contributed by atoms with Gasteiger partial charge in [-0.05, 0) is 62.9 Å². The SMILES string of the molecule is Cc1nc(/C(N)=C(\CNC(=O)OCc2cc(F)ccc2F)N(C)N)ccc1OC1CCCCC1. The first-order valence-corrected chi connectivity index (χ1v) is 11.2. The molecule has 0 radical (unpaired) electrons. The Kier molecular flexibility index (Phi) is 8.64. The highest BCUT2D eigenvalue weighted by molar-refractivity contribution is 5.69. The molecule has 1 fully saturated rings. The lowest BCUT2D eigenvalue weighted by Gasteiger charge is -2.24. The van der Waals surface area contributed by atoms with E-state index in [-0.39, 0.29) is 23.9 Å². The Morgan fingerprint density at radius 1 is 1.21 bits per heavy atom. The molecule has 0 unspecified atom stereocenters. The van der Waals surface area contributed by atoms with Gasteiger partial charge in [-0.1, -0.05) is 6.42 Å². The minimum atomic E-state index is -0.837. The van der Waals surface area contributed by atoms with Crippen LogP contribution in [0.4, 0.5) is 13.6 Å². The summed E-state index contributed by atoms with van der Waals surface area (Å²) in [7, 11) is 1.57. The quantitative estimate of drug-likeness (QED) is 0.393. The lowest BCUT2D eigenvalue weighted by Crippen LogP contribution is -2.36. The zero-order valence-corrected chi connectivity index (χ0v) is 19.4.